The molecule has 1 aromatic rings. The molecule has 2 rings (SSSR count). The summed E-state index contributed by atoms with van der Waals surface area (Å²) in [6, 6.07) is 7.15. The maximum absolute atomic E-state index is 13.0. The Balaban J connectivity index is 1.32. The topological polar surface area (TPSA) is 196 Å². The molecule has 17 heteroatoms. The number of benzene rings is 1. The molecule has 1 aliphatic heterocycles. The fourth-order valence-electron chi connectivity index (χ4n) is 6.09. The van der Waals surface area contributed by atoms with E-state index in [-0.39, 0.29) is 23.8 Å². The van der Waals surface area contributed by atoms with Crippen molar-refractivity contribution < 1.29 is 47.5 Å². The van der Waals surface area contributed by atoms with Crippen LogP contribution in [0.4, 0.5) is 5.69 Å². The summed E-state index contributed by atoms with van der Waals surface area (Å²) in [7, 11) is 0. The van der Waals surface area contributed by atoms with E-state index in [1.807, 2.05) is 45.0 Å². The van der Waals surface area contributed by atoms with Crippen LogP contribution in [0, 0.1) is 18.8 Å². The van der Waals surface area contributed by atoms with Crippen molar-refractivity contribution in [2.45, 2.75) is 65.0 Å². The van der Waals surface area contributed by atoms with Crippen molar-refractivity contribution in [2.24, 2.45) is 17.0 Å². The van der Waals surface area contributed by atoms with Gasteiger partial charge in [0.25, 0.3) is 0 Å². The van der Waals surface area contributed by atoms with Gasteiger partial charge in [0.15, 0.2) is 0 Å². The number of ether oxygens (including phenoxy) is 8. The van der Waals surface area contributed by atoms with E-state index in [2.05, 4.69) is 37.8 Å². The lowest BCUT2D eigenvalue weighted by Crippen LogP contribution is -2.52. The van der Waals surface area contributed by atoms with Gasteiger partial charge in [-0.05, 0) is 87.7 Å². The fraction of sp³-hybridized carbons (Fsp3) is 0.786. The second kappa shape index (κ2) is 35.6. The summed E-state index contributed by atoms with van der Waals surface area (Å²) >= 11 is 0. The van der Waals surface area contributed by atoms with Crippen LogP contribution < -0.4 is 16.0 Å². The normalized spacial score (nSPS) is 14.5. The van der Waals surface area contributed by atoms with Crippen LogP contribution in [0.1, 0.15) is 58.4 Å². The molecule has 17 nitrogen and oxygen atoms in total. The highest BCUT2D eigenvalue weighted by Gasteiger charge is 2.25. The number of amides is 2. The number of carbonyl (C=O) groups is 2. The van der Waals surface area contributed by atoms with E-state index in [0.29, 0.717) is 131 Å². The average molecular weight is 837 g/mol. The molecule has 1 saturated heterocycles. The van der Waals surface area contributed by atoms with Gasteiger partial charge in [-0.25, -0.2) is 0 Å². The van der Waals surface area contributed by atoms with Crippen molar-refractivity contribution in [3.05, 3.63) is 47.2 Å². The summed E-state index contributed by atoms with van der Waals surface area (Å²) < 4.78 is 44.0. The van der Waals surface area contributed by atoms with Gasteiger partial charge in [0.2, 0.25) is 11.8 Å². The van der Waals surface area contributed by atoms with E-state index in [4.69, 9.17) is 43.4 Å². The smallest absolute Gasteiger partial charge is 0.243 e. The van der Waals surface area contributed by atoms with Crippen LogP contribution in [0.5, 0.6) is 0 Å². The van der Waals surface area contributed by atoms with E-state index in [9.17, 15) is 9.59 Å². The lowest BCUT2D eigenvalue weighted by molar-refractivity contribution is -0.130. The Labute approximate surface area is 352 Å². The number of piperidine rings is 1. The molecule has 1 heterocycles. The van der Waals surface area contributed by atoms with E-state index < -0.39 is 6.04 Å². The van der Waals surface area contributed by atoms with Crippen LogP contribution in [-0.4, -0.2) is 167 Å². The third-order valence-corrected chi connectivity index (χ3v) is 9.50. The number of rotatable bonds is 38. The Morgan fingerprint density at radius 3 is 1.69 bits per heavy atom. The van der Waals surface area contributed by atoms with Crippen LogP contribution in [0.2, 0.25) is 0 Å². The number of likely N-dealkylation sites (tertiary alicyclic amines) is 1. The zero-order chi connectivity index (χ0) is 42.6. The quantitative estimate of drug-likeness (QED) is 0.0372. The van der Waals surface area contributed by atoms with Gasteiger partial charge >= 0.3 is 0 Å². The molecule has 0 unspecified atom stereocenters. The first kappa shape index (κ1) is 52.0. The van der Waals surface area contributed by atoms with Gasteiger partial charge in [0, 0.05) is 42.7 Å². The zero-order valence-electron chi connectivity index (χ0n) is 36.1. The minimum atomic E-state index is -0.561. The van der Waals surface area contributed by atoms with Crippen molar-refractivity contribution in [1.29, 1.82) is 0 Å². The molecule has 2 atom stereocenters. The van der Waals surface area contributed by atoms with E-state index in [0.717, 1.165) is 56.6 Å². The average Bonchev–Trinajstić information content (AvgIpc) is 3.22. The van der Waals surface area contributed by atoms with Gasteiger partial charge in [-0.15, -0.1) is 0 Å². The van der Waals surface area contributed by atoms with Crippen molar-refractivity contribution in [3.8, 4) is 0 Å². The van der Waals surface area contributed by atoms with Gasteiger partial charge in [-0.1, -0.05) is 31.1 Å². The van der Waals surface area contributed by atoms with Crippen LogP contribution in [0.15, 0.2) is 29.4 Å². The Bertz CT molecular complexity index is 1230. The molecular formula is C42H74N7O10. The van der Waals surface area contributed by atoms with Gasteiger partial charge in [-0.3, -0.25) is 9.59 Å². The second-order valence-electron chi connectivity index (χ2n) is 14.8. The summed E-state index contributed by atoms with van der Waals surface area (Å²) in [5, 5.41) is 12.7. The maximum Gasteiger partial charge on any atom is 0.243 e. The highest BCUT2D eigenvalue weighted by atomic mass is 16.6. The molecule has 0 bridgehead atoms. The van der Waals surface area contributed by atoms with Crippen LogP contribution >= 0.6 is 0 Å². The summed E-state index contributed by atoms with van der Waals surface area (Å²) in [4.78, 5) is 30.9. The molecule has 59 heavy (non-hydrogen) atoms. The molecule has 337 valence electrons. The number of azide groups is 1. The molecule has 0 aliphatic carbocycles. The number of carbonyl (C=O) groups excluding carboxylic acids is 2. The minimum Gasteiger partial charge on any atom is -0.383 e. The second-order valence-corrected chi connectivity index (χ2v) is 14.8. The molecule has 0 spiro atoms. The predicted molar refractivity (Wildman–Crippen MR) is 227 cm³/mol. The summed E-state index contributed by atoms with van der Waals surface area (Å²) in [6.07, 6.45) is 4.53. The van der Waals surface area contributed by atoms with Crippen LogP contribution in [0.25, 0.3) is 10.4 Å². The molecule has 1 aliphatic rings. The Kier molecular flexibility index (Phi) is 31.4. The number of nitrogens with one attached hydrogen (secondary N) is 3. The highest BCUT2D eigenvalue weighted by molar-refractivity contribution is 5.88. The molecule has 3 N–H and O–H groups in total. The predicted octanol–water partition coefficient (Wildman–Crippen LogP) is 4.25. The summed E-state index contributed by atoms with van der Waals surface area (Å²) in [5.74, 6) is 0.390. The Morgan fingerprint density at radius 2 is 1.22 bits per heavy atom. The molecule has 1 fully saturated rings. The molecule has 0 saturated carbocycles. The first-order chi connectivity index (χ1) is 28.8. The lowest BCUT2D eigenvalue weighted by Gasteiger charge is -2.31. The summed E-state index contributed by atoms with van der Waals surface area (Å²) in [5.41, 5.74) is 10.1. The molecule has 1 aromatic carbocycles. The monoisotopic (exact) mass is 837 g/mol. The number of hydrogen-bond acceptors (Lipinski definition) is 13. The van der Waals surface area contributed by atoms with Gasteiger partial charge < -0.3 is 58.7 Å². The van der Waals surface area contributed by atoms with Crippen molar-refractivity contribution >= 4 is 17.5 Å². The number of nitrogens with zero attached hydrogens (tertiary/aromatic N) is 4. The standard InChI is InChI=1S/C42H74N7O10/c1-35(2)41(42(51)46-37(4)34-44-39-10-8-36(3)9-11-39)47-40(50)7-5-6-38-12-15-49(16-13-38)17-19-53-21-23-55-25-27-57-29-31-59-33-32-58-30-28-56-26-24-54-22-20-52-18-14-45-48-43/h8-11,35,37-38,41,44H,3,5-7,12-34H2,1-2,4H3,(H,46,51)(H,47,50)/t37-,41-/m0/s1. The SMILES string of the molecule is [CH2]c1ccc(NC[C@H](C)NC(=O)[C@@H](NC(=O)CCCC2CCN(CCOCCOCCOCCOCCOCCOCCOCCOCCN=[N+]=[N-])CC2)C(C)C)cc1. The molecule has 1 radical (unpaired) electrons. The van der Waals surface area contributed by atoms with Gasteiger partial charge in [0.05, 0.1) is 106 Å². The molecular weight excluding hydrogens is 763 g/mol. The lowest BCUT2D eigenvalue weighted by atomic mass is 9.91. The Hall–Kier alpha value is -3.09. The van der Waals surface area contributed by atoms with E-state index in [1.165, 1.54) is 0 Å². The number of hydrogen-bond donors (Lipinski definition) is 3. The van der Waals surface area contributed by atoms with Crippen molar-refractivity contribution in [1.82, 2.24) is 15.5 Å². The Morgan fingerprint density at radius 1 is 0.746 bits per heavy atom. The van der Waals surface area contributed by atoms with E-state index in [1.54, 1.807) is 0 Å². The largest absolute Gasteiger partial charge is 0.383 e. The zero-order valence-corrected chi connectivity index (χ0v) is 36.1. The van der Waals surface area contributed by atoms with Crippen LogP contribution in [0.3, 0.4) is 0 Å². The van der Waals surface area contributed by atoms with Crippen molar-refractivity contribution in [2.75, 3.05) is 144 Å². The highest BCUT2D eigenvalue weighted by Crippen LogP contribution is 2.22. The third kappa shape index (κ3) is 28.9. The maximum atomic E-state index is 13.0. The fourth-order valence-corrected chi connectivity index (χ4v) is 6.09. The first-order valence-electron chi connectivity index (χ1n) is 21.4. The first-order valence-corrected chi connectivity index (χ1v) is 21.4. The number of anilines is 1. The minimum absolute atomic E-state index is 0.0152. The third-order valence-electron chi connectivity index (χ3n) is 9.50. The molecule has 0 aromatic heterocycles. The van der Waals surface area contributed by atoms with Gasteiger partial charge in [-0.2, -0.15) is 0 Å². The van der Waals surface area contributed by atoms with Crippen LogP contribution in [-0.2, 0) is 47.5 Å². The van der Waals surface area contributed by atoms with Crippen molar-refractivity contribution in [3.63, 3.8) is 0 Å². The summed E-state index contributed by atoms with van der Waals surface area (Å²) in [6.45, 7) is 21.7. The van der Waals surface area contributed by atoms with E-state index >= 15 is 0 Å². The molecule has 2 amide bonds. The van der Waals surface area contributed by atoms with Gasteiger partial charge in [0.1, 0.15) is 6.04 Å².